The molecule has 0 fully saturated rings. The lowest BCUT2D eigenvalue weighted by atomic mass is 10.0. The van der Waals surface area contributed by atoms with E-state index in [1.807, 2.05) is 38.4 Å². The molecule has 0 spiro atoms. The molecule has 2 aromatic rings. The number of Topliss-reactive ketones (excluding diaryl/α,β-unsaturated/α-hetero) is 1. The van der Waals surface area contributed by atoms with Gasteiger partial charge in [-0.1, -0.05) is 28.1 Å². The smallest absolute Gasteiger partial charge is 0.257 e. The second-order valence-electron chi connectivity index (χ2n) is 7.09. The lowest BCUT2D eigenvalue weighted by Gasteiger charge is -2.10. The molecule has 2 N–H and O–H groups in total. The van der Waals surface area contributed by atoms with Gasteiger partial charge in [-0.2, -0.15) is 0 Å². The molecule has 0 aliphatic rings. The van der Waals surface area contributed by atoms with E-state index in [-0.39, 0.29) is 16.8 Å². The van der Waals surface area contributed by atoms with Gasteiger partial charge in [0, 0.05) is 28.6 Å². The summed E-state index contributed by atoms with van der Waals surface area (Å²) in [5.74, 6) is -0.0202. The van der Waals surface area contributed by atoms with E-state index < -0.39 is 0 Å². The van der Waals surface area contributed by atoms with Gasteiger partial charge in [0.1, 0.15) is 5.78 Å². The third kappa shape index (κ3) is 8.85. The van der Waals surface area contributed by atoms with Gasteiger partial charge in [-0.05, 0) is 87.7 Å². The third-order valence-electron chi connectivity index (χ3n) is 4.26. The molecule has 0 aromatic heterocycles. The summed E-state index contributed by atoms with van der Waals surface area (Å²) in [4.78, 5) is 26.4. The number of thiocarbonyl (C=S) groups is 1. The van der Waals surface area contributed by atoms with Gasteiger partial charge in [-0.25, -0.2) is 0 Å². The highest BCUT2D eigenvalue weighted by atomic mass is 79.9. The Morgan fingerprint density at radius 2 is 1.66 bits per heavy atom. The fourth-order valence-corrected chi connectivity index (χ4v) is 3.19. The molecule has 2 rings (SSSR count). The quantitative estimate of drug-likeness (QED) is 0.415. The monoisotopic (exact) mass is 475 g/mol. The van der Waals surface area contributed by atoms with E-state index in [0.717, 1.165) is 35.1 Å². The van der Waals surface area contributed by atoms with Crippen molar-refractivity contribution in [3.8, 4) is 0 Å². The van der Waals surface area contributed by atoms with Crippen LogP contribution in [0.3, 0.4) is 0 Å². The van der Waals surface area contributed by atoms with Crippen molar-refractivity contribution in [3.05, 3.63) is 64.1 Å². The maximum absolute atomic E-state index is 12.2. The van der Waals surface area contributed by atoms with Crippen LogP contribution < -0.4 is 10.6 Å². The molecule has 0 radical (unpaired) electrons. The van der Waals surface area contributed by atoms with Crippen molar-refractivity contribution in [1.29, 1.82) is 0 Å². The van der Waals surface area contributed by atoms with Crippen LogP contribution in [0.25, 0.3) is 0 Å². The van der Waals surface area contributed by atoms with Gasteiger partial charge in [-0.3, -0.25) is 14.9 Å². The molecule has 1 amide bonds. The van der Waals surface area contributed by atoms with Gasteiger partial charge < -0.3 is 10.2 Å². The fourth-order valence-electron chi connectivity index (χ4n) is 2.71. The largest absolute Gasteiger partial charge is 0.332 e. The lowest BCUT2D eigenvalue weighted by molar-refractivity contribution is -0.118. The molecule has 7 heteroatoms. The van der Waals surface area contributed by atoms with Gasteiger partial charge in [-0.15, -0.1) is 0 Å². The molecule has 0 saturated carbocycles. The molecule has 2 aromatic carbocycles. The summed E-state index contributed by atoms with van der Waals surface area (Å²) in [5.41, 5.74) is 2.25. The zero-order valence-corrected chi connectivity index (χ0v) is 19.1. The number of hydrogen-bond acceptors (Lipinski definition) is 4. The fraction of sp³-hybridized carbons (Fsp3) is 0.318. The molecular formula is C22H26BrN3O2S. The van der Waals surface area contributed by atoms with E-state index >= 15 is 0 Å². The molecule has 154 valence electrons. The summed E-state index contributed by atoms with van der Waals surface area (Å²) in [6.45, 7) is 1.01. The number of rotatable bonds is 9. The Bertz CT molecular complexity index is 836. The zero-order valence-electron chi connectivity index (χ0n) is 16.7. The average molecular weight is 476 g/mol. The van der Waals surface area contributed by atoms with E-state index in [4.69, 9.17) is 12.2 Å². The van der Waals surface area contributed by atoms with Gasteiger partial charge in [0.15, 0.2) is 5.11 Å². The van der Waals surface area contributed by atoms with Gasteiger partial charge in [0.25, 0.3) is 5.91 Å². The van der Waals surface area contributed by atoms with Crippen LogP contribution in [-0.2, 0) is 11.2 Å². The van der Waals surface area contributed by atoms with Crippen LogP contribution in [-0.4, -0.2) is 42.3 Å². The summed E-state index contributed by atoms with van der Waals surface area (Å²) in [6.07, 6.45) is 3.00. The predicted octanol–water partition coefficient (Wildman–Crippen LogP) is 4.42. The molecule has 0 unspecified atom stereocenters. The highest BCUT2D eigenvalue weighted by molar-refractivity contribution is 9.10. The highest BCUT2D eigenvalue weighted by Gasteiger charge is 2.08. The van der Waals surface area contributed by atoms with E-state index in [1.165, 1.54) is 0 Å². The van der Waals surface area contributed by atoms with Crippen LogP contribution in [0.15, 0.2) is 53.0 Å². The number of ketones is 1. The van der Waals surface area contributed by atoms with Crippen molar-refractivity contribution < 1.29 is 9.59 Å². The number of benzene rings is 2. The normalized spacial score (nSPS) is 10.6. The number of amides is 1. The number of unbranched alkanes of at least 4 members (excludes halogenated alkanes) is 1. The Morgan fingerprint density at radius 3 is 2.28 bits per heavy atom. The average Bonchev–Trinajstić information content (AvgIpc) is 2.67. The van der Waals surface area contributed by atoms with Crippen molar-refractivity contribution in [1.82, 2.24) is 10.2 Å². The maximum atomic E-state index is 12.2. The van der Waals surface area contributed by atoms with Crippen LogP contribution in [0, 0.1) is 0 Å². The number of nitrogens with zero attached hydrogens (tertiary/aromatic N) is 1. The zero-order chi connectivity index (χ0) is 21.2. The lowest BCUT2D eigenvalue weighted by Crippen LogP contribution is -2.34. The first-order valence-corrected chi connectivity index (χ1v) is 10.7. The Labute approximate surface area is 186 Å². The van der Waals surface area contributed by atoms with Gasteiger partial charge in [0.2, 0.25) is 0 Å². The molecule has 0 bridgehead atoms. The van der Waals surface area contributed by atoms with Crippen molar-refractivity contribution >= 4 is 50.6 Å². The molecule has 0 aliphatic heterocycles. The first-order valence-electron chi connectivity index (χ1n) is 9.47. The molecular weight excluding hydrogens is 450 g/mol. The highest BCUT2D eigenvalue weighted by Crippen LogP contribution is 2.13. The van der Waals surface area contributed by atoms with E-state index in [2.05, 4.69) is 31.5 Å². The number of anilines is 1. The van der Waals surface area contributed by atoms with Crippen molar-refractivity contribution in [3.63, 3.8) is 0 Å². The van der Waals surface area contributed by atoms with E-state index in [1.54, 1.807) is 24.3 Å². The Kier molecular flexibility index (Phi) is 9.44. The minimum absolute atomic E-state index is 0.225. The number of carbonyl (C=O) groups is 2. The minimum atomic E-state index is -0.272. The number of nitrogens with one attached hydrogen (secondary N) is 2. The second kappa shape index (κ2) is 11.8. The molecule has 29 heavy (non-hydrogen) atoms. The number of halogens is 1. The van der Waals surface area contributed by atoms with Crippen LogP contribution in [0.4, 0.5) is 5.69 Å². The molecule has 0 heterocycles. The minimum Gasteiger partial charge on any atom is -0.332 e. The molecule has 5 nitrogen and oxygen atoms in total. The van der Waals surface area contributed by atoms with Crippen LogP contribution in [0.5, 0.6) is 0 Å². The van der Waals surface area contributed by atoms with Crippen molar-refractivity contribution in [2.24, 2.45) is 0 Å². The summed E-state index contributed by atoms with van der Waals surface area (Å²) in [7, 11) is 4.07. The predicted molar refractivity (Wildman–Crippen MR) is 125 cm³/mol. The number of carbonyl (C=O) groups excluding carboxylic acids is 2. The first kappa shape index (κ1) is 23.2. The van der Waals surface area contributed by atoms with Crippen LogP contribution >= 0.6 is 28.1 Å². The van der Waals surface area contributed by atoms with E-state index in [0.29, 0.717) is 18.4 Å². The van der Waals surface area contributed by atoms with Crippen molar-refractivity contribution in [2.45, 2.75) is 25.7 Å². The summed E-state index contributed by atoms with van der Waals surface area (Å²) in [5, 5.41) is 5.87. The van der Waals surface area contributed by atoms with Crippen molar-refractivity contribution in [2.75, 3.05) is 26.0 Å². The maximum Gasteiger partial charge on any atom is 0.257 e. The Hall–Kier alpha value is -2.09. The summed E-state index contributed by atoms with van der Waals surface area (Å²) < 4.78 is 0.905. The summed E-state index contributed by atoms with van der Waals surface area (Å²) >= 11 is 8.55. The third-order valence-corrected chi connectivity index (χ3v) is 4.99. The van der Waals surface area contributed by atoms with Gasteiger partial charge in [0.05, 0.1) is 0 Å². The Balaban J connectivity index is 1.77. The first-order chi connectivity index (χ1) is 13.8. The summed E-state index contributed by atoms with van der Waals surface area (Å²) in [6, 6.07) is 14.5. The van der Waals surface area contributed by atoms with E-state index in [9.17, 15) is 9.59 Å². The molecule has 0 aliphatic carbocycles. The van der Waals surface area contributed by atoms with Crippen LogP contribution in [0.1, 0.15) is 35.2 Å². The van der Waals surface area contributed by atoms with Crippen LogP contribution in [0.2, 0.25) is 0 Å². The second-order valence-corrected chi connectivity index (χ2v) is 8.41. The topological polar surface area (TPSA) is 61.4 Å². The number of hydrogen-bond donors (Lipinski definition) is 2. The Morgan fingerprint density at radius 1 is 1.00 bits per heavy atom. The molecule has 0 saturated heterocycles. The van der Waals surface area contributed by atoms with Gasteiger partial charge >= 0.3 is 0 Å². The SMILES string of the molecule is CN(C)CCCCC(=O)Cc1ccc(NC(=S)NC(=O)c2ccc(Br)cc2)cc1. The standard InChI is InChI=1S/C22H26BrN3O2S/c1-26(2)14-4-3-5-20(27)15-16-6-12-19(13-7-16)24-22(29)25-21(28)17-8-10-18(23)11-9-17/h6-13H,3-5,14-15H2,1-2H3,(H2,24,25,28,29). The molecule has 0 atom stereocenters.